The Morgan fingerprint density at radius 2 is 1.48 bits per heavy atom. The first-order valence-corrected chi connectivity index (χ1v) is 12.3. The number of hydrogen-bond acceptors (Lipinski definition) is 5. The molecule has 2 amide bonds. The highest BCUT2D eigenvalue weighted by atomic mass is 32.2. The number of carbonyl (C=O) groups is 3. The molecular formula is C22H31N3O5S. The van der Waals surface area contributed by atoms with Crippen LogP contribution in [0.25, 0.3) is 0 Å². The van der Waals surface area contributed by atoms with Crippen LogP contribution in [0.15, 0.2) is 29.2 Å². The maximum Gasteiger partial charge on any atom is 0.243 e. The Balaban J connectivity index is 1.75. The van der Waals surface area contributed by atoms with E-state index in [4.69, 9.17) is 0 Å². The van der Waals surface area contributed by atoms with Crippen molar-refractivity contribution in [1.29, 1.82) is 0 Å². The van der Waals surface area contributed by atoms with Crippen molar-refractivity contribution < 1.29 is 22.8 Å². The zero-order chi connectivity index (χ0) is 22.8. The average molecular weight is 450 g/mol. The van der Waals surface area contributed by atoms with Crippen LogP contribution in [0.5, 0.6) is 0 Å². The highest BCUT2D eigenvalue weighted by molar-refractivity contribution is 7.89. The summed E-state index contributed by atoms with van der Waals surface area (Å²) in [4.78, 5) is 40.5. The molecule has 0 aliphatic carbocycles. The van der Waals surface area contributed by atoms with Gasteiger partial charge in [0, 0.05) is 44.2 Å². The van der Waals surface area contributed by atoms with E-state index >= 15 is 0 Å². The van der Waals surface area contributed by atoms with Gasteiger partial charge in [-0.15, -0.1) is 0 Å². The van der Waals surface area contributed by atoms with Crippen molar-refractivity contribution in [1.82, 2.24) is 14.1 Å². The Labute approximate surface area is 184 Å². The summed E-state index contributed by atoms with van der Waals surface area (Å²) in [5.41, 5.74) is 0.444. The van der Waals surface area contributed by atoms with E-state index in [9.17, 15) is 22.8 Å². The number of sulfonamides is 1. The SMILES string of the molecule is CC(=O)c1ccc(S(=O)(=O)N2CCCCC2C(=O)N2CCN(C(=O)C(C)C)CC2)cc1. The van der Waals surface area contributed by atoms with Crippen LogP contribution >= 0.6 is 0 Å². The quantitative estimate of drug-likeness (QED) is 0.639. The van der Waals surface area contributed by atoms with Crippen LogP contribution in [0.3, 0.4) is 0 Å². The Bertz CT molecular complexity index is 934. The number of hydrogen-bond donors (Lipinski definition) is 0. The molecule has 0 bridgehead atoms. The highest BCUT2D eigenvalue weighted by Gasteiger charge is 2.40. The first kappa shape index (κ1) is 23.4. The first-order chi connectivity index (χ1) is 14.6. The third-order valence-corrected chi connectivity index (χ3v) is 7.93. The van der Waals surface area contributed by atoms with Crippen LogP contribution in [0, 0.1) is 5.92 Å². The van der Waals surface area contributed by atoms with Gasteiger partial charge in [0.25, 0.3) is 0 Å². The van der Waals surface area contributed by atoms with Gasteiger partial charge in [0.05, 0.1) is 4.90 Å². The maximum atomic E-state index is 13.3. The Morgan fingerprint density at radius 3 is 2.03 bits per heavy atom. The van der Waals surface area contributed by atoms with Crippen LogP contribution < -0.4 is 0 Å². The molecule has 3 rings (SSSR count). The monoisotopic (exact) mass is 449 g/mol. The van der Waals surface area contributed by atoms with Crippen molar-refractivity contribution >= 4 is 27.6 Å². The standard InChI is InChI=1S/C22H31N3O5S/c1-16(2)21(27)23-12-14-24(15-13-23)22(28)20-6-4-5-11-25(20)31(29,30)19-9-7-18(8-10-19)17(3)26/h7-10,16,20H,4-6,11-15H2,1-3H3. The summed E-state index contributed by atoms with van der Waals surface area (Å²) < 4.78 is 27.9. The van der Waals surface area contributed by atoms with Crippen LogP contribution in [0.2, 0.25) is 0 Å². The zero-order valence-corrected chi connectivity index (χ0v) is 19.2. The Morgan fingerprint density at radius 1 is 0.903 bits per heavy atom. The molecule has 0 radical (unpaired) electrons. The van der Waals surface area contributed by atoms with Gasteiger partial charge in [-0.05, 0) is 31.9 Å². The van der Waals surface area contributed by atoms with Gasteiger partial charge in [0.2, 0.25) is 21.8 Å². The number of carbonyl (C=O) groups excluding carboxylic acids is 3. The second-order valence-corrected chi connectivity index (χ2v) is 10.4. The third kappa shape index (κ3) is 4.98. The van der Waals surface area contributed by atoms with E-state index in [1.165, 1.54) is 35.5 Å². The van der Waals surface area contributed by atoms with Gasteiger partial charge < -0.3 is 9.80 Å². The smallest absolute Gasteiger partial charge is 0.243 e. The summed E-state index contributed by atoms with van der Waals surface area (Å²) in [6.07, 6.45) is 1.97. The maximum absolute atomic E-state index is 13.3. The summed E-state index contributed by atoms with van der Waals surface area (Å²) in [6, 6.07) is 5.12. The molecule has 2 heterocycles. The van der Waals surface area contributed by atoms with E-state index in [-0.39, 0.29) is 28.4 Å². The topological polar surface area (TPSA) is 95.1 Å². The molecule has 2 saturated heterocycles. The minimum atomic E-state index is -3.86. The lowest BCUT2D eigenvalue weighted by Crippen LogP contribution is -2.58. The molecule has 170 valence electrons. The van der Waals surface area contributed by atoms with Gasteiger partial charge in [-0.1, -0.05) is 32.4 Å². The van der Waals surface area contributed by atoms with Gasteiger partial charge in [-0.3, -0.25) is 14.4 Å². The second kappa shape index (κ2) is 9.48. The van der Waals surface area contributed by atoms with Crippen LogP contribution in [-0.4, -0.2) is 78.9 Å². The van der Waals surface area contributed by atoms with Gasteiger partial charge >= 0.3 is 0 Å². The number of rotatable bonds is 5. The molecule has 0 N–H and O–H groups in total. The van der Waals surface area contributed by atoms with Crippen LogP contribution in [0.1, 0.15) is 50.4 Å². The predicted octanol–water partition coefficient (Wildman–Crippen LogP) is 1.76. The number of nitrogens with zero attached hydrogens (tertiary/aromatic N) is 3. The average Bonchev–Trinajstić information content (AvgIpc) is 2.78. The molecule has 8 nitrogen and oxygen atoms in total. The van der Waals surface area contributed by atoms with E-state index in [1.54, 1.807) is 9.80 Å². The highest BCUT2D eigenvalue weighted by Crippen LogP contribution is 2.27. The van der Waals surface area contributed by atoms with Gasteiger partial charge in [-0.2, -0.15) is 4.31 Å². The molecule has 1 aromatic rings. The lowest BCUT2D eigenvalue weighted by molar-refractivity contribution is -0.143. The van der Waals surface area contributed by atoms with E-state index in [0.717, 1.165) is 6.42 Å². The molecule has 2 aliphatic heterocycles. The number of ketones is 1. The fraction of sp³-hybridized carbons (Fsp3) is 0.591. The van der Waals surface area contributed by atoms with Crippen molar-refractivity contribution in [3.05, 3.63) is 29.8 Å². The molecule has 0 spiro atoms. The van der Waals surface area contributed by atoms with Gasteiger partial charge in [-0.25, -0.2) is 8.42 Å². The second-order valence-electron chi connectivity index (χ2n) is 8.51. The molecular weight excluding hydrogens is 418 g/mol. The summed E-state index contributed by atoms with van der Waals surface area (Å²) in [5.74, 6) is -0.344. The summed E-state index contributed by atoms with van der Waals surface area (Å²) in [5, 5.41) is 0. The normalized spacial score (nSPS) is 20.7. The summed E-state index contributed by atoms with van der Waals surface area (Å²) in [7, 11) is -3.86. The summed E-state index contributed by atoms with van der Waals surface area (Å²) in [6.45, 7) is 7.19. The van der Waals surface area contributed by atoms with Crippen LogP contribution in [-0.2, 0) is 19.6 Å². The van der Waals surface area contributed by atoms with Crippen molar-refractivity contribution in [3.63, 3.8) is 0 Å². The number of Topliss-reactive ketones (excluding diaryl/α,β-unsaturated/α-hetero) is 1. The third-order valence-electron chi connectivity index (χ3n) is 6.00. The molecule has 2 aliphatic rings. The molecule has 2 fully saturated rings. The van der Waals surface area contributed by atoms with Crippen molar-refractivity contribution in [2.75, 3.05) is 32.7 Å². The van der Waals surface area contributed by atoms with Crippen LogP contribution in [0.4, 0.5) is 0 Å². The molecule has 1 aromatic carbocycles. The lowest BCUT2D eigenvalue weighted by atomic mass is 10.0. The molecule has 9 heteroatoms. The predicted molar refractivity (Wildman–Crippen MR) is 116 cm³/mol. The molecule has 1 atom stereocenters. The largest absolute Gasteiger partial charge is 0.339 e. The number of piperidine rings is 1. The van der Waals surface area contributed by atoms with E-state index in [0.29, 0.717) is 51.1 Å². The first-order valence-electron chi connectivity index (χ1n) is 10.8. The molecule has 0 aromatic heterocycles. The van der Waals surface area contributed by atoms with E-state index in [1.807, 2.05) is 13.8 Å². The van der Waals surface area contributed by atoms with Crippen molar-refractivity contribution in [2.45, 2.75) is 51.0 Å². The lowest BCUT2D eigenvalue weighted by Gasteiger charge is -2.40. The van der Waals surface area contributed by atoms with Crippen molar-refractivity contribution in [2.24, 2.45) is 5.92 Å². The fourth-order valence-corrected chi connectivity index (χ4v) is 5.81. The fourth-order valence-electron chi connectivity index (χ4n) is 4.16. The molecule has 31 heavy (non-hydrogen) atoms. The number of amides is 2. The minimum Gasteiger partial charge on any atom is -0.339 e. The molecule has 1 unspecified atom stereocenters. The van der Waals surface area contributed by atoms with Gasteiger partial charge in [0.15, 0.2) is 5.78 Å². The van der Waals surface area contributed by atoms with E-state index < -0.39 is 16.1 Å². The Kier molecular flexibility index (Phi) is 7.16. The Hall–Kier alpha value is -2.26. The molecule has 0 saturated carbocycles. The van der Waals surface area contributed by atoms with Gasteiger partial charge in [0.1, 0.15) is 6.04 Å². The minimum absolute atomic E-state index is 0.0722. The zero-order valence-electron chi connectivity index (χ0n) is 18.4. The summed E-state index contributed by atoms with van der Waals surface area (Å²) >= 11 is 0. The number of benzene rings is 1. The van der Waals surface area contributed by atoms with Crippen molar-refractivity contribution in [3.8, 4) is 0 Å². The van der Waals surface area contributed by atoms with E-state index in [2.05, 4.69) is 0 Å². The number of piperazine rings is 1.